The van der Waals surface area contributed by atoms with Gasteiger partial charge in [0.15, 0.2) is 11.4 Å². The first-order valence-electron chi connectivity index (χ1n) is 9.64. The summed E-state index contributed by atoms with van der Waals surface area (Å²) in [6, 6.07) is 17.5. The Balaban J connectivity index is 1.55. The maximum absolute atomic E-state index is 12.8. The molecule has 0 bridgehead atoms. The van der Waals surface area contributed by atoms with Crippen molar-refractivity contribution in [3.8, 4) is 0 Å². The Labute approximate surface area is 167 Å². The molecule has 1 N–H and O–H groups in total. The number of ether oxygens (including phenoxy) is 1. The van der Waals surface area contributed by atoms with Crippen molar-refractivity contribution in [2.45, 2.75) is 6.54 Å². The first kappa shape index (κ1) is 17.6. The number of fused-ring (bicyclic) bond motifs is 3. The second kappa shape index (κ2) is 7.52. The van der Waals surface area contributed by atoms with Crippen LogP contribution in [0.15, 0.2) is 59.0 Å². The third-order valence-corrected chi connectivity index (χ3v) is 5.01. The fraction of sp³-hybridized carbons (Fsp3) is 0.227. The molecule has 1 amide bonds. The number of carbonyl (C=O) groups excluding carboxylic acids is 1. The molecule has 2 aromatic carbocycles. The summed E-state index contributed by atoms with van der Waals surface area (Å²) in [5.41, 5.74) is 3.01. The van der Waals surface area contributed by atoms with Crippen LogP contribution in [0.2, 0.25) is 0 Å². The molecule has 0 spiro atoms. The van der Waals surface area contributed by atoms with E-state index >= 15 is 0 Å². The van der Waals surface area contributed by atoms with Crippen LogP contribution in [0.25, 0.3) is 22.1 Å². The van der Waals surface area contributed by atoms with Crippen LogP contribution in [0, 0.1) is 0 Å². The molecule has 0 unspecified atom stereocenters. The van der Waals surface area contributed by atoms with E-state index in [0.29, 0.717) is 49.8 Å². The molecule has 0 atom stereocenters. The third kappa shape index (κ3) is 3.40. The Morgan fingerprint density at radius 1 is 1.00 bits per heavy atom. The topological polar surface area (TPSA) is 80.5 Å². The van der Waals surface area contributed by atoms with Crippen LogP contribution < -0.4 is 10.2 Å². The lowest BCUT2D eigenvalue weighted by Gasteiger charge is -2.27. The number of rotatable bonds is 4. The normalized spacial score (nSPS) is 14.4. The molecule has 4 aromatic rings. The summed E-state index contributed by atoms with van der Waals surface area (Å²) >= 11 is 0. The molecule has 3 heterocycles. The van der Waals surface area contributed by atoms with E-state index in [1.807, 2.05) is 54.6 Å². The van der Waals surface area contributed by atoms with E-state index in [1.54, 1.807) is 0 Å². The van der Waals surface area contributed by atoms with E-state index in [1.165, 1.54) is 0 Å². The monoisotopic (exact) mass is 388 g/mol. The van der Waals surface area contributed by atoms with E-state index in [0.717, 1.165) is 16.5 Å². The molecule has 0 saturated carbocycles. The summed E-state index contributed by atoms with van der Waals surface area (Å²) in [7, 11) is 0. The first-order valence-corrected chi connectivity index (χ1v) is 9.64. The largest absolute Gasteiger partial charge is 0.450 e. The lowest BCUT2D eigenvalue weighted by molar-refractivity contribution is 0.0940. The number of amides is 1. The van der Waals surface area contributed by atoms with Crippen LogP contribution >= 0.6 is 0 Å². The molecule has 29 heavy (non-hydrogen) atoms. The molecule has 5 rings (SSSR count). The van der Waals surface area contributed by atoms with Crippen LogP contribution in [0.4, 0.5) is 5.82 Å². The lowest BCUT2D eigenvalue weighted by Crippen LogP contribution is -2.37. The van der Waals surface area contributed by atoms with Crippen molar-refractivity contribution in [3.63, 3.8) is 0 Å². The summed E-state index contributed by atoms with van der Waals surface area (Å²) in [5.74, 6) is 0.469. The number of nitrogens with zero attached hydrogens (tertiary/aromatic N) is 3. The smallest absolute Gasteiger partial charge is 0.289 e. The summed E-state index contributed by atoms with van der Waals surface area (Å²) in [5, 5.41) is 3.78. The Morgan fingerprint density at radius 3 is 2.59 bits per heavy atom. The number of nitrogens with one attached hydrogen (secondary N) is 1. The Morgan fingerprint density at radius 2 is 1.76 bits per heavy atom. The van der Waals surface area contributed by atoms with Gasteiger partial charge in [-0.1, -0.05) is 42.5 Å². The summed E-state index contributed by atoms with van der Waals surface area (Å²) in [6.45, 7) is 3.02. The Bertz CT molecular complexity index is 1170. The Kier molecular flexibility index (Phi) is 4.57. The maximum atomic E-state index is 12.8. The van der Waals surface area contributed by atoms with Gasteiger partial charge in [0.05, 0.1) is 13.2 Å². The number of aromatic nitrogens is 2. The second-order valence-electron chi connectivity index (χ2n) is 6.91. The highest BCUT2D eigenvalue weighted by atomic mass is 16.5. The van der Waals surface area contributed by atoms with Crippen molar-refractivity contribution in [1.82, 2.24) is 15.3 Å². The standard InChI is InChI=1S/C22H20N4O3/c27-22(23-14-15-6-2-1-3-7-15)20-24-18-16-8-4-5-9-17(16)29-19(18)21(25-20)26-10-12-28-13-11-26/h1-9H,10-14H2,(H,23,27). The van der Waals surface area contributed by atoms with Gasteiger partial charge in [-0.2, -0.15) is 0 Å². The van der Waals surface area contributed by atoms with Crippen LogP contribution in [0.3, 0.4) is 0 Å². The van der Waals surface area contributed by atoms with Gasteiger partial charge in [0.2, 0.25) is 5.82 Å². The number of furan rings is 1. The van der Waals surface area contributed by atoms with E-state index in [2.05, 4.69) is 20.2 Å². The molecule has 2 aromatic heterocycles. The zero-order valence-corrected chi connectivity index (χ0v) is 15.8. The Hall–Kier alpha value is -3.45. The molecule has 7 nitrogen and oxygen atoms in total. The van der Waals surface area contributed by atoms with Gasteiger partial charge in [-0.15, -0.1) is 0 Å². The van der Waals surface area contributed by atoms with Gasteiger partial charge < -0.3 is 19.4 Å². The van der Waals surface area contributed by atoms with Gasteiger partial charge in [0, 0.05) is 25.0 Å². The lowest BCUT2D eigenvalue weighted by atomic mass is 10.2. The maximum Gasteiger partial charge on any atom is 0.289 e. The highest BCUT2D eigenvalue weighted by Crippen LogP contribution is 2.33. The molecule has 7 heteroatoms. The molecule has 1 saturated heterocycles. The summed E-state index contributed by atoms with van der Waals surface area (Å²) in [6.07, 6.45) is 0. The number of para-hydroxylation sites is 1. The minimum Gasteiger partial charge on any atom is -0.450 e. The van der Waals surface area contributed by atoms with Crippen molar-refractivity contribution in [2.24, 2.45) is 0 Å². The second-order valence-corrected chi connectivity index (χ2v) is 6.91. The number of hydrogen-bond acceptors (Lipinski definition) is 6. The zero-order chi connectivity index (χ0) is 19.6. The van der Waals surface area contributed by atoms with Crippen molar-refractivity contribution in [1.29, 1.82) is 0 Å². The summed E-state index contributed by atoms with van der Waals surface area (Å²) in [4.78, 5) is 24.1. The van der Waals surface area contributed by atoms with Crippen LogP contribution in [-0.2, 0) is 11.3 Å². The van der Waals surface area contributed by atoms with E-state index < -0.39 is 0 Å². The fourth-order valence-electron chi connectivity index (χ4n) is 3.52. The van der Waals surface area contributed by atoms with E-state index in [-0.39, 0.29) is 11.7 Å². The minimum atomic E-state index is -0.310. The highest BCUT2D eigenvalue weighted by molar-refractivity contribution is 6.07. The quantitative estimate of drug-likeness (QED) is 0.579. The number of benzene rings is 2. The van der Waals surface area contributed by atoms with Crippen LogP contribution in [0.1, 0.15) is 16.2 Å². The van der Waals surface area contributed by atoms with Gasteiger partial charge in [-0.3, -0.25) is 4.79 Å². The average molecular weight is 388 g/mol. The van der Waals surface area contributed by atoms with Crippen molar-refractivity contribution in [3.05, 3.63) is 66.0 Å². The number of carbonyl (C=O) groups is 1. The van der Waals surface area contributed by atoms with Gasteiger partial charge in [0.25, 0.3) is 5.91 Å². The summed E-state index contributed by atoms with van der Waals surface area (Å²) < 4.78 is 11.5. The molecule has 0 aliphatic carbocycles. The predicted octanol–water partition coefficient (Wildman–Crippen LogP) is 3.14. The number of anilines is 1. The zero-order valence-electron chi connectivity index (χ0n) is 15.8. The average Bonchev–Trinajstić information content (AvgIpc) is 3.17. The first-order chi connectivity index (χ1) is 14.3. The van der Waals surface area contributed by atoms with Crippen molar-refractivity contribution >= 4 is 33.8 Å². The highest BCUT2D eigenvalue weighted by Gasteiger charge is 2.23. The molecule has 146 valence electrons. The molecule has 1 aliphatic heterocycles. The molecule has 1 fully saturated rings. The van der Waals surface area contributed by atoms with Gasteiger partial charge in [-0.25, -0.2) is 9.97 Å². The van der Waals surface area contributed by atoms with E-state index in [9.17, 15) is 4.79 Å². The van der Waals surface area contributed by atoms with Crippen LogP contribution in [0.5, 0.6) is 0 Å². The molecule has 1 aliphatic rings. The minimum absolute atomic E-state index is 0.140. The molecule has 0 radical (unpaired) electrons. The SMILES string of the molecule is O=C(NCc1ccccc1)c1nc(N2CCOCC2)c2oc3ccccc3c2n1. The van der Waals surface area contributed by atoms with Gasteiger partial charge in [-0.05, 0) is 17.7 Å². The fourth-order valence-corrected chi connectivity index (χ4v) is 3.52. The van der Waals surface area contributed by atoms with Crippen molar-refractivity contribution in [2.75, 3.05) is 31.2 Å². The number of morpholine rings is 1. The van der Waals surface area contributed by atoms with Crippen molar-refractivity contribution < 1.29 is 13.9 Å². The predicted molar refractivity (Wildman–Crippen MR) is 110 cm³/mol. The molecular weight excluding hydrogens is 368 g/mol. The van der Waals surface area contributed by atoms with Gasteiger partial charge >= 0.3 is 0 Å². The van der Waals surface area contributed by atoms with E-state index in [4.69, 9.17) is 9.15 Å². The van der Waals surface area contributed by atoms with Crippen LogP contribution in [-0.4, -0.2) is 42.2 Å². The molecular formula is C22H20N4O3. The third-order valence-electron chi connectivity index (χ3n) is 5.01. The van der Waals surface area contributed by atoms with Gasteiger partial charge in [0.1, 0.15) is 11.1 Å². The number of hydrogen-bond donors (Lipinski definition) is 1.